The van der Waals surface area contributed by atoms with E-state index < -0.39 is 5.97 Å². The van der Waals surface area contributed by atoms with Gasteiger partial charge >= 0.3 is 5.97 Å². The minimum atomic E-state index is -0.929. The number of carboxylic acid groups (broad SMARTS) is 1. The van der Waals surface area contributed by atoms with E-state index in [0.29, 0.717) is 22.9 Å². The third kappa shape index (κ3) is 4.29. The Bertz CT molecular complexity index is 1090. The monoisotopic (exact) mass is 437 g/mol. The van der Waals surface area contributed by atoms with E-state index in [1.807, 2.05) is 18.5 Å². The van der Waals surface area contributed by atoms with Crippen LogP contribution in [0.1, 0.15) is 42.5 Å². The van der Waals surface area contributed by atoms with Crippen molar-refractivity contribution in [3.63, 3.8) is 0 Å². The number of fused-ring (bicyclic) bond motifs is 1. The molecule has 1 saturated heterocycles. The second-order valence-corrected chi connectivity index (χ2v) is 9.10. The number of anilines is 3. The summed E-state index contributed by atoms with van der Waals surface area (Å²) in [5, 5.41) is 13.1. The average Bonchev–Trinajstić information content (AvgIpc) is 3.40. The quantitative estimate of drug-likeness (QED) is 0.542. The number of likely N-dealkylation sites (N-methyl/N-ethyl adjacent to an activating group) is 1. The highest BCUT2D eigenvalue weighted by atomic mass is 16.4. The van der Waals surface area contributed by atoms with E-state index in [1.165, 1.54) is 32.1 Å². The molecule has 0 spiro atoms. The molecule has 9 nitrogen and oxygen atoms in total. The molecule has 2 aliphatic rings. The number of hydrogen-bond donors (Lipinski definition) is 3. The van der Waals surface area contributed by atoms with Gasteiger partial charge in [-0.1, -0.05) is 19.3 Å². The van der Waals surface area contributed by atoms with Crippen LogP contribution in [0.2, 0.25) is 0 Å². The third-order valence-electron chi connectivity index (χ3n) is 6.80. The number of piperazine rings is 1. The van der Waals surface area contributed by atoms with Gasteiger partial charge in [0.25, 0.3) is 0 Å². The first-order valence-electron chi connectivity index (χ1n) is 11.6. The summed E-state index contributed by atoms with van der Waals surface area (Å²) in [6, 6.07) is 3.58. The average molecular weight is 438 g/mol. The van der Waals surface area contributed by atoms with Gasteiger partial charge in [0, 0.05) is 45.1 Å². The molecule has 3 N–H and O–H groups in total. The first-order valence-corrected chi connectivity index (χ1v) is 11.6. The topological polar surface area (TPSA) is 102 Å². The number of carbonyl (C=O) groups is 1. The molecule has 1 aliphatic heterocycles. The molecule has 0 radical (unpaired) electrons. The van der Waals surface area contributed by atoms with Gasteiger partial charge in [-0.15, -0.1) is 0 Å². The second kappa shape index (κ2) is 8.82. The van der Waals surface area contributed by atoms with E-state index in [9.17, 15) is 9.90 Å². The Morgan fingerprint density at radius 1 is 1.19 bits per heavy atom. The van der Waals surface area contributed by atoms with Crippen LogP contribution in [0.3, 0.4) is 0 Å². The molecular formula is C23H31N7O2. The SMILES string of the molecule is CN1CCN(c2cc3[nH]c(Nc4nccn4CC4CCCCC4)nc3cc2C(=O)O)CC1. The molecule has 0 unspecified atom stereocenters. The molecule has 2 fully saturated rings. The Morgan fingerprint density at radius 3 is 2.72 bits per heavy atom. The minimum Gasteiger partial charge on any atom is -0.478 e. The number of aromatic nitrogens is 4. The molecule has 0 bridgehead atoms. The predicted octanol–water partition coefficient (Wildman–Crippen LogP) is 3.53. The fourth-order valence-corrected chi connectivity index (χ4v) is 4.92. The third-order valence-corrected chi connectivity index (χ3v) is 6.80. The second-order valence-electron chi connectivity index (χ2n) is 9.10. The Kier molecular flexibility index (Phi) is 5.73. The molecule has 3 aromatic rings. The summed E-state index contributed by atoms with van der Waals surface area (Å²) in [6.07, 6.45) is 10.3. The van der Waals surface area contributed by atoms with Gasteiger partial charge in [0.1, 0.15) is 0 Å². The Morgan fingerprint density at radius 2 is 1.97 bits per heavy atom. The molecule has 9 heteroatoms. The maximum absolute atomic E-state index is 12.0. The normalized spacial score (nSPS) is 18.3. The summed E-state index contributed by atoms with van der Waals surface area (Å²) in [4.78, 5) is 28.8. The lowest BCUT2D eigenvalue weighted by Crippen LogP contribution is -2.45. The molecule has 1 aliphatic carbocycles. The van der Waals surface area contributed by atoms with E-state index in [1.54, 1.807) is 6.07 Å². The van der Waals surface area contributed by atoms with E-state index in [0.717, 1.165) is 49.9 Å². The summed E-state index contributed by atoms with van der Waals surface area (Å²) in [7, 11) is 2.09. The zero-order valence-corrected chi connectivity index (χ0v) is 18.5. The number of hydrogen-bond acceptors (Lipinski definition) is 6. The molecule has 32 heavy (non-hydrogen) atoms. The number of imidazole rings is 2. The van der Waals surface area contributed by atoms with Gasteiger partial charge in [0.2, 0.25) is 11.9 Å². The van der Waals surface area contributed by atoms with Crippen molar-refractivity contribution in [2.75, 3.05) is 43.4 Å². The van der Waals surface area contributed by atoms with Crippen molar-refractivity contribution in [3.8, 4) is 0 Å². The number of aromatic carboxylic acids is 1. The molecule has 1 aromatic carbocycles. The number of nitrogens with zero attached hydrogens (tertiary/aromatic N) is 5. The van der Waals surface area contributed by atoms with Crippen molar-refractivity contribution < 1.29 is 9.90 Å². The summed E-state index contributed by atoms with van der Waals surface area (Å²) in [5.41, 5.74) is 2.48. The van der Waals surface area contributed by atoms with Crippen LogP contribution < -0.4 is 10.2 Å². The summed E-state index contributed by atoms with van der Waals surface area (Å²) >= 11 is 0. The fraction of sp³-hybridized carbons (Fsp3) is 0.522. The lowest BCUT2D eigenvalue weighted by atomic mass is 9.89. The van der Waals surface area contributed by atoms with Crippen molar-refractivity contribution in [2.24, 2.45) is 5.92 Å². The maximum atomic E-state index is 12.0. The van der Waals surface area contributed by atoms with Crippen molar-refractivity contribution in [3.05, 3.63) is 30.1 Å². The van der Waals surface area contributed by atoms with Crippen LogP contribution >= 0.6 is 0 Å². The molecule has 3 heterocycles. The Balaban J connectivity index is 1.39. The number of H-pyrrole nitrogens is 1. The van der Waals surface area contributed by atoms with E-state index in [-0.39, 0.29) is 0 Å². The molecule has 1 saturated carbocycles. The van der Waals surface area contributed by atoms with Crippen LogP contribution in [0.5, 0.6) is 0 Å². The predicted molar refractivity (Wildman–Crippen MR) is 125 cm³/mol. The van der Waals surface area contributed by atoms with Crippen LogP contribution in [0.4, 0.5) is 17.6 Å². The van der Waals surface area contributed by atoms with Gasteiger partial charge in [-0.3, -0.25) is 5.32 Å². The first-order chi connectivity index (χ1) is 15.6. The highest BCUT2D eigenvalue weighted by molar-refractivity contribution is 6.00. The van der Waals surface area contributed by atoms with Crippen LogP contribution in [-0.4, -0.2) is 68.7 Å². The maximum Gasteiger partial charge on any atom is 0.337 e. The van der Waals surface area contributed by atoms with Gasteiger partial charge in [-0.05, 0) is 37.9 Å². The lowest BCUT2D eigenvalue weighted by Gasteiger charge is -2.34. The van der Waals surface area contributed by atoms with Gasteiger partial charge in [0.05, 0.1) is 22.3 Å². The van der Waals surface area contributed by atoms with E-state index in [4.69, 9.17) is 0 Å². The smallest absolute Gasteiger partial charge is 0.337 e. The van der Waals surface area contributed by atoms with Gasteiger partial charge in [-0.25, -0.2) is 14.8 Å². The summed E-state index contributed by atoms with van der Waals surface area (Å²) < 4.78 is 2.15. The molecule has 2 aromatic heterocycles. The summed E-state index contributed by atoms with van der Waals surface area (Å²) in [5.74, 6) is 1.09. The number of benzene rings is 1. The molecule has 5 rings (SSSR count). The van der Waals surface area contributed by atoms with Crippen molar-refractivity contribution in [2.45, 2.75) is 38.6 Å². The Labute approximate surface area is 187 Å². The number of nitrogens with one attached hydrogen (secondary N) is 2. The fourth-order valence-electron chi connectivity index (χ4n) is 4.92. The highest BCUT2D eigenvalue weighted by Gasteiger charge is 2.22. The van der Waals surface area contributed by atoms with Crippen molar-refractivity contribution >= 4 is 34.6 Å². The zero-order chi connectivity index (χ0) is 22.1. The molecule has 0 atom stereocenters. The minimum absolute atomic E-state index is 0.291. The van der Waals surface area contributed by atoms with Gasteiger partial charge in [-0.2, -0.15) is 0 Å². The number of aromatic amines is 1. The van der Waals surface area contributed by atoms with Crippen LogP contribution in [-0.2, 0) is 6.54 Å². The van der Waals surface area contributed by atoms with Gasteiger partial charge in [0.15, 0.2) is 0 Å². The van der Waals surface area contributed by atoms with Crippen LogP contribution in [0.15, 0.2) is 24.5 Å². The van der Waals surface area contributed by atoms with E-state index in [2.05, 4.69) is 41.7 Å². The lowest BCUT2D eigenvalue weighted by molar-refractivity contribution is 0.0697. The van der Waals surface area contributed by atoms with Gasteiger partial charge < -0.3 is 24.5 Å². The number of carboxylic acids is 1. The zero-order valence-electron chi connectivity index (χ0n) is 18.5. The number of rotatable bonds is 6. The Hall–Kier alpha value is -3.07. The summed E-state index contributed by atoms with van der Waals surface area (Å²) in [6.45, 7) is 4.40. The van der Waals surface area contributed by atoms with Crippen LogP contribution in [0, 0.1) is 5.92 Å². The molecular weight excluding hydrogens is 406 g/mol. The van der Waals surface area contributed by atoms with Crippen molar-refractivity contribution in [1.29, 1.82) is 0 Å². The largest absolute Gasteiger partial charge is 0.478 e. The molecule has 0 amide bonds. The van der Waals surface area contributed by atoms with Crippen molar-refractivity contribution in [1.82, 2.24) is 24.4 Å². The van der Waals surface area contributed by atoms with Crippen LogP contribution in [0.25, 0.3) is 11.0 Å². The highest BCUT2D eigenvalue weighted by Crippen LogP contribution is 2.29. The van der Waals surface area contributed by atoms with E-state index >= 15 is 0 Å². The molecule has 170 valence electrons. The standard InChI is InChI=1S/C23H31N7O2/c1-28-9-11-29(12-10-28)20-14-19-18(13-17(20)21(31)32)25-22(26-19)27-23-24-7-8-30(23)15-16-5-3-2-4-6-16/h7-8,13-14,16H,2-6,9-12,15H2,1H3,(H,31,32)(H2,24,25,26,27). The first kappa shape index (κ1) is 20.8.